The summed E-state index contributed by atoms with van der Waals surface area (Å²) < 4.78 is 5.47. The van der Waals surface area contributed by atoms with Gasteiger partial charge in [-0.2, -0.15) is 0 Å². The van der Waals surface area contributed by atoms with Gasteiger partial charge in [0.1, 0.15) is 11.4 Å². The number of aromatic nitrogens is 1. The number of nitrogens with zero attached hydrogens (tertiary/aromatic N) is 3. The van der Waals surface area contributed by atoms with E-state index in [0.29, 0.717) is 31.0 Å². The second-order valence-electron chi connectivity index (χ2n) is 7.77. The van der Waals surface area contributed by atoms with Gasteiger partial charge < -0.3 is 14.5 Å². The lowest BCUT2D eigenvalue weighted by Crippen LogP contribution is -2.51. The molecule has 1 aromatic heterocycles. The van der Waals surface area contributed by atoms with Crippen LogP contribution < -0.4 is 4.74 Å². The molecule has 0 aliphatic carbocycles. The minimum atomic E-state index is -0.0471. The lowest BCUT2D eigenvalue weighted by Gasteiger charge is -2.46. The number of piperidine rings is 2. The molecule has 0 atom stereocenters. The summed E-state index contributed by atoms with van der Waals surface area (Å²) in [4.78, 5) is 33.1. The van der Waals surface area contributed by atoms with Gasteiger partial charge in [0.15, 0.2) is 0 Å². The van der Waals surface area contributed by atoms with E-state index in [0.717, 1.165) is 36.7 Å². The molecule has 2 aliphatic heterocycles. The van der Waals surface area contributed by atoms with Crippen molar-refractivity contribution in [2.75, 3.05) is 33.8 Å². The fraction of sp³-hybridized carbons (Fsp3) is 0.476. The highest BCUT2D eigenvalue weighted by Gasteiger charge is 2.40. The first-order valence-corrected chi connectivity index (χ1v) is 9.48. The number of carbonyl (C=O) groups is 2. The molecule has 6 nitrogen and oxygen atoms in total. The van der Waals surface area contributed by atoms with E-state index >= 15 is 0 Å². The molecule has 3 heterocycles. The minimum Gasteiger partial charge on any atom is -0.496 e. The van der Waals surface area contributed by atoms with Crippen LogP contribution in [-0.4, -0.2) is 60.4 Å². The van der Waals surface area contributed by atoms with Crippen LogP contribution in [0.3, 0.4) is 0 Å². The second-order valence-corrected chi connectivity index (χ2v) is 7.77. The molecule has 2 aliphatic rings. The van der Waals surface area contributed by atoms with Crippen LogP contribution in [0.2, 0.25) is 0 Å². The Bertz CT molecular complexity index is 887. The van der Waals surface area contributed by atoms with E-state index in [1.807, 2.05) is 41.1 Å². The van der Waals surface area contributed by atoms with Gasteiger partial charge in [-0.25, -0.2) is 4.98 Å². The van der Waals surface area contributed by atoms with Crippen LogP contribution in [0, 0.1) is 5.41 Å². The molecule has 27 heavy (non-hydrogen) atoms. The molecule has 2 amide bonds. The van der Waals surface area contributed by atoms with Crippen molar-refractivity contribution in [2.24, 2.45) is 5.41 Å². The number of ether oxygens (including phenoxy) is 1. The summed E-state index contributed by atoms with van der Waals surface area (Å²) in [6.45, 7) is 2.21. The first-order valence-electron chi connectivity index (χ1n) is 9.48. The average Bonchev–Trinajstić information content (AvgIpc) is 2.70. The summed E-state index contributed by atoms with van der Waals surface area (Å²) >= 11 is 0. The van der Waals surface area contributed by atoms with Crippen LogP contribution in [0.25, 0.3) is 10.9 Å². The van der Waals surface area contributed by atoms with Gasteiger partial charge in [-0.15, -0.1) is 0 Å². The summed E-state index contributed by atoms with van der Waals surface area (Å²) in [6, 6.07) is 9.43. The van der Waals surface area contributed by atoms with Crippen molar-refractivity contribution in [3.63, 3.8) is 0 Å². The van der Waals surface area contributed by atoms with Gasteiger partial charge in [0.05, 0.1) is 12.6 Å². The van der Waals surface area contributed by atoms with Crippen molar-refractivity contribution in [3.8, 4) is 5.75 Å². The van der Waals surface area contributed by atoms with Gasteiger partial charge in [0, 0.05) is 44.6 Å². The monoisotopic (exact) mass is 367 g/mol. The van der Waals surface area contributed by atoms with Crippen molar-refractivity contribution in [1.82, 2.24) is 14.8 Å². The van der Waals surface area contributed by atoms with Crippen molar-refractivity contribution < 1.29 is 14.3 Å². The van der Waals surface area contributed by atoms with Crippen LogP contribution in [0.1, 0.15) is 36.2 Å². The molecule has 6 heteroatoms. The summed E-state index contributed by atoms with van der Waals surface area (Å²) in [5.41, 5.74) is 1.35. The first kappa shape index (κ1) is 17.8. The molecule has 0 N–H and O–H groups in total. The van der Waals surface area contributed by atoms with E-state index in [1.165, 1.54) is 0 Å². The number of benzene rings is 1. The lowest BCUT2D eigenvalue weighted by atomic mass is 9.72. The van der Waals surface area contributed by atoms with E-state index in [-0.39, 0.29) is 17.2 Å². The zero-order chi connectivity index (χ0) is 19.0. The number of methoxy groups -OCH3 is 1. The number of amides is 2. The molecule has 2 fully saturated rings. The number of hydrogen-bond acceptors (Lipinski definition) is 4. The van der Waals surface area contributed by atoms with Gasteiger partial charge in [0.25, 0.3) is 5.91 Å². The molecule has 2 aromatic rings. The summed E-state index contributed by atoms with van der Waals surface area (Å²) in [5, 5.41) is 0.907. The highest BCUT2D eigenvalue weighted by atomic mass is 16.5. The Hall–Kier alpha value is -2.63. The summed E-state index contributed by atoms with van der Waals surface area (Å²) in [5.74, 6) is 0.852. The topological polar surface area (TPSA) is 62.7 Å². The smallest absolute Gasteiger partial charge is 0.272 e. The van der Waals surface area contributed by atoms with E-state index in [9.17, 15) is 9.59 Å². The number of hydrogen-bond donors (Lipinski definition) is 0. The summed E-state index contributed by atoms with van der Waals surface area (Å²) in [6.07, 6.45) is 3.41. The highest BCUT2D eigenvalue weighted by Crippen LogP contribution is 2.40. The van der Waals surface area contributed by atoms with Crippen LogP contribution in [0.5, 0.6) is 5.75 Å². The van der Waals surface area contributed by atoms with Gasteiger partial charge >= 0.3 is 0 Å². The van der Waals surface area contributed by atoms with E-state index < -0.39 is 0 Å². The first-order chi connectivity index (χ1) is 13.0. The average molecular weight is 367 g/mol. The van der Waals surface area contributed by atoms with Crippen LogP contribution >= 0.6 is 0 Å². The van der Waals surface area contributed by atoms with Crippen molar-refractivity contribution >= 4 is 22.7 Å². The Morgan fingerprint density at radius 2 is 1.93 bits per heavy atom. The molecular weight excluding hydrogens is 342 g/mol. The molecule has 142 valence electrons. The lowest BCUT2D eigenvalue weighted by molar-refractivity contribution is -0.137. The standard InChI is InChI=1S/C21H25N3O3/c1-23-14-21(8-7-19(23)25)9-11-24(12-10-21)20(26)17-13-18(27-2)15-5-3-4-6-16(15)22-17/h3-6,13H,7-12,14H2,1-2H3. The predicted molar refractivity (Wildman–Crippen MR) is 103 cm³/mol. The number of rotatable bonds is 2. The van der Waals surface area contributed by atoms with Gasteiger partial charge in [-0.1, -0.05) is 12.1 Å². The van der Waals surface area contributed by atoms with Crippen LogP contribution in [-0.2, 0) is 4.79 Å². The maximum atomic E-state index is 13.0. The number of likely N-dealkylation sites (tertiary alicyclic amines) is 2. The Morgan fingerprint density at radius 3 is 2.63 bits per heavy atom. The van der Waals surface area contributed by atoms with Gasteiger partial charge in [-0.05, 0) is 36.8 Å². The normalized spacial score (nSPS) is 19.6. The van der Waals surface area contributed by atoms with E-state index in [1.54, 1.807) is 13.2 Å². The zero-order valence-electron chi connectivity index (χ0n) is 15.9. The number of para-hydroxylation sites is 1. The number of pyridine rings is 1. The van der Waals surface area contributed by atoms with Crippen LogP contribution in [0.15, 0.2) is 30.3 Å². The molecular formula is C21H25N3O3. The molecule has 0 saturated carbocycles. The minimum absolute atomic E-state index is 0.0471. The zero-order valence-corrected chi connectivity index (χ0v) is 15.9. The molecule has 1 aromatic carbocycles. The Balaban J connectivity index is 1.51. The fourth-order valence-corrected chi connectivity index (χ4v) is 4.41. The predicted octanol–water partition coefficient (Wildman–Crippen LogP) is 2.72. The molecule has 0 bridgehead atoms. The van der Waals surface area contributed by atoms with E-state index in [4.69, 9.17) is 4.74 Å². The van der Waals surface area contributed by atoms with Crippen LogP contribution in [0.4, 0.5) is 0 Å². The highest BCUT2D eigenvalue weighted by molar-refractivity contribution is 5.97. The Labute approximate surface area is 159 Å². The third-order valence-electron chi connectivity index (χ3n) is 6.10. The Kier molecular flexibility index (Phi) is 4.50. The largest absolute Gasteiger partial charge is 0.496 e. The SMILES string of the molecule is COc1cc(C(=O)N2CCC3(CCC(=O)N(C)C3)CC2)nc2ccccc12. The molecule has 4 rings (SSSR count). The van der Waals surface area contributed by atoms with E-state index in [2.05, 4.69) is 4.98 Å². The third kappa shape index (κ3) is 3.24. The molecule has 0 radical (unpaired) electrons. The summed E-state index contributed by atoms with van der Waals surface area (Å²) in [7, 11) is 3.49. The maximum absolute atomic E-state index is 13.0. The molecule has 2 saturated heterocycles. The van der Waals surface area contributed by atoms with Crippen molar-refractivity contribution in [3.05, 3.63) is 36.0 Å². The quantitative estimate of drug-likeness (QED) is 0.819. The fourth-order valence-electron chi connectivity index (χ4n) is 4.41. The third-order valence-corrected chi connectivity index (χ3v) is 6.10. The number of carbonyl (C=O) groups excluding carboxylic acids is 2. The van der Waals surface area contributed by atoms with Crippen molar-refractivity contribution in [1.29, 1.82) is 0 Å². The molecule has 1 spiro atoms. The number of fused-ring (bicyclic) bond motifs is 1. The Morgan fingerprint density at radius 1 is 1.19 bits per heavy atom. The maximum Gasteiger partial charge on any atom is 0.272 e. The molecule has 0 unspecified atom stereocenters. The second kappa shape index (κ2) is 6.83. The van der Waals surface area contributed by atoms with Gasteiger partial charge in [-0.3, -0.25) is 9.59 Å². The van der Waals surface area contributed by atoms with Crippen molar-refractivity contribution in [2.45, 2.75) is 25.7 Å². The van der Waals surface area contributed by atoms with Gasteiger partial charge in [0.2, 0.25) is 5.91 Å².